The van der Waals surface area contributed by atoms with E-state index in [1.807, 2.05) is 42.7 Å². The minimum atomic E-state index is 0.352. The first-order chi connectivity index (χ1) is 25.2. The summed E-state index contributed by atoms with van der Waals surface area (Å²) in [4.78, 5) is 4.43. The molecule has 0 bridgehead atoms. The van der Waals surface area contributed by atoms with Crippen molar-refractivity contribution >= 4 is 55.0 Å². The lowest BCUT2D eigenvalue weighted by Crippen LogP contribution is -2.13. The van der Waals surface area contributed by atoms with E-state index in [0.717, 1.165) is 33.3 Å². The zero-order valence-electron chi connectivity index (χ0n) is 27.7. The van der Waals surface area contributed by atoms with Crippen molar-refractivity contribution in [1.82, 2.24) is 4.98 Å². The molecule has 0 amide bonds. The van der Waals surface area contributed by atoms with Crippen molar-refractivity contribution < 1.29 is 0 Å². The van der Waals surface area contributed by atoms with Crippen LogP contribution in [0.4, 0.5) is 5.69 Å². The molecule has 0 atom stereocenters. The quantitative estimate of drug-likeness (QED) is 0.107. The molecule has 240 valence electrons. The molecule has 1 aliphatic rings. The number of fused-ring (bicyclic) bond motifs is 3. The number of nitrogens with one attached hydrogen (secondary N) is 2. The summed E-state index contributed by atoms with van der Waals surface area (Å²) in [5.74, 6) is 0. The number of rotatable bonds is 6. The van der Waals surface area contributed by atoms with Crippen LogP contribution in [-0.2, 0) is 0 Å². The lowest BCUT2D eigenvalue weighted by molar-refractivity contribution is 1.34. The van der Waals surface area contributed by atoms with Crippen molar-refractivity contribution in [2.75, 3.05) is 5.43 Å². The maximum absolute atomic E-state index is 8.90. The molecule has 9 rings (SSSR count). The average Bonchev–Trinajstić information content (AvgIpc) is 3.20. The fourth-order valence-electron chi connectivity index (χ4n) is 7.20. The van der Waals surface area contributed by atoms with Crippen LogP contribution in [0, 0.1) is 5.41 Å². The molecule has 4 nitrogen and oxygen atoms in total. The molecule has 8 aromatic rings. The highest BCUT2D eigenvalue weighted by Crippen LogP contribution is 2.44. The molecule has 2 N–H and O–H groups in total. The van der Waals surface area contributed by atoms with Crippen LogP contribution in [0.3, 0.4) is 0 Å². The minimum absolute atomic E-state index is 0.352. The van der Waals surface area contributed by atoms with Crippen LogP contribution < -0.4 is 5.43 Å². The van der Waals surface area contributed by atoms with Crippen LogP contribution in [0.1, 0.15) is 5.56 Å². The Bertz CT molecular complexity index is 2700. The Morgan fingerprint density at radius 2 is 1.08 bits per heavy atom. The molecular weight excluding hydrogens is 621 g/mol. The Balaban J connectivity index is 1.05. The van der Waals surface area contributed by atoms with Crippen molar-refractivity contribution in [3.63, 3.8) is 0 Å². The Morgan fingerprint density at radius 3 is 1.76 bits per heavy atom. The second kappa shape index (κ2) is 12.8. The van der Waals surface area contributed by atoms with Gasteiger partial charge in [-0.1, -0.05) is 140 Å². The number of pyridine rings is 1. The summed E-state index contributed by atoms with van der Waals surface area (Å²) in [6, 6.07) is 53.2. The second-order valence-corrected chi connectivity index (χ2v) is 12.7. The van der Waals surface area contributed by atoms with Crippen LogP contribution in [0.25, 0.3) is 71.3 Å². The third-order valence-electron chi connectivity index (χ3n) is 9.65. The molecular formula is C47H32N4. The maximum Gasteiger partial charge on any atom is 0.108 e. The number of aromatic nitrogens is 1. The van der Waals surface area contributed by atoms with E-state index in [-0.39, 0.29) is 0 Å². The van der Waals surface area contributed by atoms with E-state index in [0.29, 0.717) is 11.4 Å². The summed E-state index contributed by atoms with van der Waals surface area (Å²) in [5, 5.41) is 20.6. The van der Waals surface area contributed by atoms with Gasteiger partial charge in [0.2, 0.25) is 0 Å². The smallest absolute Gasteiger partial charge is 0.108 e. The fourth-order valence-corrected chi connectivity index (χ4v) is 7.20. The summed E-state index contributed by atoms with van der Waals surface area (Å²) in [6.45, 7) is 0. The molecule has 0 saturated carbocycles. The van der Waals surface area contributed by atoms with Gasteiger partial charge in [-0.25, -0.2) is 0 Å². The maximum atomic E-state index is 8.90. The van der Waals surface area contributed by atoms with E-state index >= 15 is 0 Å². The number of nitrogens with zero attached hydrogens (tertiary/aromatic N) is 2. The topological polar surface area (TPSA) is 61.1 Å². The molecule has 1 aliphatic carbocycles. The minimum Gasteiger partial charge on any atom is -0.299 e. The van der Waals surface area contributed by atoms with Crippen LogP contribution in [0.5, 0.6) is 0 Å². The van der Waals surface area contributed by atoms with Gasteiger partial charge in [0.05, 0.1) is 11.4 Å². The first-order valence-corrected chi connectivity index (χ1v) is 17.1. The zero-order valence-corrected chi connectivity index (χ0v) is 27.7. The molecule has 0 radical (unpaired) electrons. The van der Waals surface area contributed by atoms with E-state index in [1.54, 1.807) is 0 Å². The lowest BCUT2D eigenvalue weighted by Gasteiger charge is -2.19. The molecule has 0 fully saturated rings. The molecule has 4 heteroatoms. The summed E-state index contributed by atoms with van der Waals surface area (Å²) in [6.07, 6.45) is 9.67. The highest BCUT2D eigenvalue weighted by Gasteiger charge is 2.18. The number of allylic oxidation sites excluding steroid dienone is 4. The predicted octanol–water partition coefficient (Wildman–Crippen LogP) is 12.0. The molecule has 51 heavy (non-hydrogen) atoms. The number of benzene rings is 7. The van der Waals surface area contributed by atoms with Crippen molar-refractivity contribution in [2.24, 2.45) is 5.10 Å². The first kappa shape index (κ1) is 30.2. The number of hydrogen-bond donors (Lipinski definition) is 2. The largest absolute Gasteiger partial charge is 0.299 e. The highest BCUT2D eigenvalue weighted by atomic mass is 15.3. The van der Waals surface area contributed by atoms with Gasteiger partial charge in [-0.3, -0.25) is 15.8 Å². The van der Waals surface area contributed by atoms with Crippen LogP contribution in [0.15, 0.2) is 187 Å². The van der Waals surface area contributed by atoms with E-state index in [9.17, 15) is 0 Å². The molecule has 1 heterocycles. The summed E-state index contributed by atoms with van der Waals surface area (Å²) in [5.41, 5.74) is 14.0. The summed E-state index contributed by atoms with van der Waals surface area (Å²) < 4.78 is 0. The van der Waals surface area contributed by atoms with Gasteiger partial charge in [-0.2, -0.15) is 5.10 Å². The Morgan fingerprint density at radius 1 is 0.490 bits per heavy atom. The average molecular weight is 653 g/mol. The first-order valence-electron chi connectivity index (χ1n) is 17.1. The third kappa shape index (κ3) is 5.59. The van der Waals surface area contributed by atoms with E-state index in [2.05, 4.69) is 155 Å². The fraction of sp³-hybridized carbons (Fsp3) is 0. The molecule has 7 aromatic carbocycles. The van der Waals surface area contributed by atoms with E-state index in [4.69, 9.17) is 5.41 Å². The monoisotopic (exact) mass is 652 g/mol. The van der Waals surface area contributed by atoms with Crippen LogP contribution in [-0.4, -0.2) is 16.4 Å². The van der Waals surface area contributed by atoms with E-state index < -0.39 is 0 Å². The van der Waals surface area contributed by atoms with Gasteiger partial charge in [-0.05, 0) is 96.2 Å². The molecule has 0 unspecified atom stereocenters. The van der Waals surface area contributed by atoms with E-state index in [1.165, 1.54) is 49.2 Å². The van der Waals surface area contributed by atoms with Crippen molar-refractivity contribution in [1.29, 1.82) is 5.41 Å². The molecule has 0 spiro atoms. The molecule has 0 aliphatic heterocycles. The Hall–Kier alpha value is -6.91. The van der Waals surface area contributed by atoms with Gasteiger partial charge in [-0.15, -0.1) is 0 Å². The Kier molecular flexibility index (Phi) is 7.60. The van der Waals surface area contributed by atoms with Crippen molar-refractivity contribution in [2.45, 2.75) is 0 Å². The van der Waals surface area contributed by atoms with Crippen LogP contribution >= 0.6 is 0 Å². The van der Waals surface area contributed by atoms with Crippen molar-refractivity contribution in [3.05, 3.63) is 188 Å². The highest BCUT2D eigenvalue weighted by molar-refractivity contribution is 6.51. The predicted molar refractivity (Wildman–Crippen MR) is 215 cm³/mol. The molecule has 1 aromatic heterocycles. The number of anilines is 1. The lowest BCUT2D eigenvalue weighted by atomic mass is 9.84. The molecule has 0 saturated heterocycles. The van der Waals surface area contributed by atoms with Gasteiger partial charge in [0.15, 0.2) is 0 Å². The standard InChI is InChI=1S/C47H32N4/c48-44-28-35(22-26-45(44)51-50-37-23-19-31(20-24-37)43-30-49-29-36-15-7-8-16-38(36)43)34-21-25-41-42(27-34)47(33-13-5-2-6-14-33)40-18-10-9-17-39(40)46(41)32-11-3-1-4-12-32/h1-30,48,50H/b48-44?,51-45-. The van der Waals surface area contributed by atoms with Gasteiger partial charge in [0, 0.05) is 23.3 Å². The second-order valence-electron chi connectivity index (χ2n) is 12.7. The zero-order chi connectivity index (χ0) is 34.1. The van der Waals surface area contributed by atoms with Crippen molar-refractivity contribution in [3.8, 4) is 33.4 Å². The van der Waals surface area contributed by atoms with Crippen LogP contribution in [0.2, 0.25) is 0 Å². The van der Waals surface area contributed by atoms with Gasteiger partial charge < -0.3 is 0 Å². The Labute approximate surface area is 296 Å². The summed E-state index contributed by atoms with van der Waals surface area (Å²) >= 11 is 0. The van der Waals surface area contributed by atoms with Gasteiger partial charge in [0.25, 0.3) is 0 Å². The number of hydrogen-bond acceptors (Lipinski definition) is 4. The SMILES string of the molecule is N=C1C=C(c2ccc3c(-c4ccccc4)c4ccccc4c(-c4ccccc4)c3c2)C=C/C1=N/Nc1ccc(-c2cncc3ccccc23)cc1. The number of hydrazone groups is 1. The third-order valence-corrected chi connectivity index (χ3v) is 9.65. The summed E-state index contributed by atoms with van der Waals surface area (Å²) in [7, 11) is 0. The van der Waals surface area contributed by atoms with Gasteiger partial charge >= 0.3 is 0 Å². The van der Waals surface area contributed by atoms with Gasteiger partial charge in [0.1, 0.15) is 5.71 Å². The normalized spacial score (nSPS) is 13.6.